The van der Waals surface area contributed by atoms with Crippen LogP contribution in [0.5, 0.6) is 0 Å². The molecule has 1 N–H and O–H groups in total. The van der Waals surface area contributed by atoms with Crippen LogP contribution >= 0.6 is 0 Å². The van der Waals surface area contributed by atoms with Crippen molar-refractivity contribution in [3.8, 4) is 0 Å². The number of carboxylic acid groups (broad SMARTS) is 1. The molecule has 0 bridgehead atoms. The molecule has 26 heteroatoms. The van der Waals surface area contributed by atoms with Crippen molar-refractivity contribution in [3.05, 3.63) is 289 Å². The van der Waals surface area contributed by atoms with Crippen LogP contribution in [0.1, 0.15) is 90.6 Å². The van der Waals surface area contributed by atoms with Gasteiger partial charge in [-0.1, -0.05) is 60.7 Å². The van der Waals surface area contributed by atoms with Crippen molar-refractivity contribution in [3.63, 3.8) is 0 Å². The predicted molar refractivity (Wildman–Crippen MR) is 310 cm³/mol. The fourth-order valence-electron chi connectivity index (χ4n) is 7.77. The van der Waals surface area contributed by atoms with Crippen molar-refractivity contribution in [2.45, 2.75) is 53.0 Å². The predicted octanol–water partition coefficient (Wildman–Crippen LogP) is 6.13. The Hall–Kier alpha value is -10.5. The number of aromatic amines is 1. The number of ketones is 3. The van der Waals surface area contributed by atoms with E-state index in [2.05, 4.69) is 34.9 Å². The summed E-state index contributed by atoms with van der Waals surface area (Å²) in [7, 11) is 2.92. The number of imidazole rings is 6. The zero-order chi connectivity index (χ0) is 63.4. The average molecular weight is 1210 g/mol. The van der Waals surface area contributed by atoms with Crippen molar-refractivity contribution >= 4 is 29.2 Å². The molecule has 0 saturated carbocycles. The molecule has 20 nitrogen and oxygen atoms in total. The van der Waals surface area contributed by atoms with Crippen LogP contribution in [0.2, 0.25) is 0 Å². The summed E-state index contributed by atoms with van der Waals surface area (Å²) in [6.07, 6.45) is 22.9. The number of carbonyl (C=O) groups excluding carboxylic acids is 5. The normalized spacial score (nSPS) is 10.1. The van der Waals surface area contributed by atoms with Crippen LogP contribution in [0.15, 0.2) is 208 Å². The molecule has 0 radical (unpaired) electrons. The Morgan fingerprint density at radius 2 is 0.843 bits per heavy atom. The third-order valence-corrected chi connectivity index (χ3v) is 12.1. The van der Waals surface area contributed by atoms with Gasteiger partial charge in [0.15, 0.2) is 23.3 Å². The maximum Gasteiger partial charge on any atom is 1.00 e. The molecule has 0 atom stereocenters. The molecule has 5 aromatic carbocycles. The Morgan fingerprint density at radius 3 is 1.17 bits per heavy atom. The van der Waals surface area contributed by atoms with Crippen LogP contribution in [-0.2, 0) is 42.4 Å². The number of Topliss-reactive ketones (excluding diaryl/α,β-unsaturated/α-hetero) is 3. The maximum atomic E-state index is 12.8. The zero-order valence-electron chi connectivity index (χ0n) is 49.0. The van der Waals surface area contributed by atoms with Gasteiger partial charge in [0.25, 0.3) is 0 Å². The second-order valence-corrected chi connectivity index (χ2v) is 18.8. The summed E-state index contributed by atoms with van der Waals surface area (Å²) >= 11 is 0. The number of nitrogens with one attached hydrogen (secondary N) is 1. The van der Waals surface area contributed by atoms with Crippen LogP contribution in [-0.4, -0.2) is 106 Å². The fourth-order valence-corrected chi connectivity index (χ4v) is 7.77. The number of hydrogen-bond acceptors (Lipinski definition) is 13. The van der Waals surface area contributed by atoms with Crippen LogP contribution in [0.3, 0.4) is 0 Å². The molecule has 0 fully saturated rings. The summed E-state index contributed by atoms with van der Waals surface area (Å²) < 4.78 is 72.0. The molecule has 0 aliphatic rings. The topological polar surface area (TPSA) is 239 Å². The molecular weight excluding hydrogens is 1150 g/mol. The SMILES string of the molecule is CC(=O)CC(=O)c1nccn1Cc1ccc(F)cc1.CC(=O)c1nccn1Cc1ccc(F)cc1.CON(C)C(=O)c1nccn1Cc1ccc(F)cc1.Fc1ccc(Cn2ccnc2)cc1.O=C([O-])c1nccn1Cc1ccc(F)cc1.[Li+].c1c[nH]cn1. The molecule has 0 saturated heterocycles. The molecule has 0 unspecified atom stereocenters. The molecule has 454 valence electrons. The molecule has 0 spiro atoms. The van der Waals surface area contributed by atoms with E-state index in [4.69, 9.17) is 4.84 Å². The third-order valence-electron chi connectivity index (χ3n) is 12.1. The van der Waals surface area contributed by atoms with Gasteiger partial charge in [-0.15, -0.1) is 0 Å². The molecule has 6 heterocycles. The Kier molecular flexibility index (Phi) is 27.9. The Labute approximate surface area is 520 Å². The number of aromatic nitrogens is 12. The van der Waals surface area contributed by atoms with E-state index in [-0.39, 0.29) is 95.1 Å². The van der Waals surface area contributed by atoms with Crippen molar-refractivity contribution in [1.29, 1.82) is 0 Å². The van der Waals surface area contributed by atoms with Crippen molar-refractivity contribution in [2.75, 3.05) is 14.2 Å². The number of carbonyl (C=O) groups is 5. The van der Waals surface area contributed by atoms with Crippen LogP contribution in [0, 0.1) is 29.1 Å². The molecule has 1 amide bonds. The molecule has 0 aliphatic carbocycles. The van der Waals surface area contributed by atoms with E-state index in [1.807, 2.05) is 10.8 Å². The number of rotatable bonds is 17. The van der Waals surface area contributed by atoms with Gasteiger partial charge in [0.05, 0.1) is 26.2 Å². The van der Waals surface area contributed by atoms with Gasteiger partial charge < -0.3 is 37.7 Å². The monoisotopic (exact) mass is 1210 g/mol. The van der Waals surface area contributed by atoms with Gasteiger partial charge in [0.1, 0.15) is 40.8 Å². The Bertz CT molecular complexity index is 3780. The van der Waals surface area contributed by atoms with E-state index in [0.29, 0.717) is 32.0 Å². The summed E-state index contributed by atoms with van der Waals surface area (Å²) in [6.45, 7) is 5.28. The first-order chi connectivity index (χ1) is 42.3. The van der Waals surface area contributed by atoms with Gasteiger partial charge in [-0.25, -0.2) is 56.9 Å². The van der Waals surface area contributed by atoms with Gasteiger partial charge >= 0.3 is 24.8 Å². The number of nitrogens with zero attached hydrogens (tertiary/aromatic N) is 12. The summed E-state index contributed by atoms with van der Waals surface area (Å²) in [6, 6.07) is 30.6. The summed E-state index contributed by atoms with van der Waals surface area (Å²) in [5, 5.41) is 11.8. The number of carboxylic acids is 1. The minimum atomic E-state index is -1.33. The largest absolute Gasteiger partial charge is 1.00 e. The van der Waals surface area contributed by atoms with Crippen LogP contribution < -0.4 is 24.0 Å². The van der Waals surface area contributed by atoms with E-state index < -0.39 is 5.97 Å². The van der Waals surface area contributed by atoms with E-state index >= 15 is 0 Å². The first-order valence-electron chi connectivity index (χ1n) is 26.6. The van der Waals surface area contributed by atoms with Gasteiger partial charge in [0.2, 0.25) is 11.6 Å². The number of halogens is 5. The smallest absolute Gasteiger partial charge is 0.542 e. The van der Waals surface area contributed by atoms with Crippen molar-refractivity contribution in [1.82, 2.24) is 62.8 Å². The molecule has 11 rings (SSSR count). The first-order valence-corrected chi connectivity index (χ1v) is 26.6. The van der Waals surface area contributed by atoms with E-state index in [1.54, 1.807) is 137 Å². The Morgan fingerprint density at radius 1 is 0.483 bits per heavy atom. The Balaban J connectivity index is 0.000000199. The van der Waals surface area contributed by atoms with Gasteiger partial charge in [0, 0.05) is 121 Å². The van der Waals surface area contributed by atoms with E-state index in [1.165, 1.54) is 112 Å². The van der Waals surface area contributed by atoms with Gasteiger partial charge in [-0.2, -0.15) is 0 Å². The maximum absolute atomic E-state index is 12.8. The van der Waals surface area contributed by atoms with Gasteiger partial charge in [-0.3, -0.25) is 24.0 Å². The molecule has 6 aromatic heterocycles. The molecule has 11 aromatic rings. The standard InChI is InChI=1S/C14H13FN2O2.C13H14FN3O2.C12H11FN2O.C11H9FN2O2.C10H9FN2.C3H4N2.Li/c1-10(18)8-13(19)14-16-6-7-17(14)9-11-2-4-12(15)5-3-11;1-16(19-2)13(18)12-15-7-8-17(12)9-10-3-5-11(14)6-4-10;1-9(16)12-14-6-7-15(12)8-10-2-4-11(13)5-3-10;12-9-3-1-8(2-4-9)7-14-6-5-13-10(14)11(15)16;11-10-3-1-9(2-4-10)7-13-6-5-12-8-13;1-2-5-3-4-1;/h2-7H,8-9H2,1H3;3-8H,9H2,1-2H3;2-7H,8H2,1H3;1-6H,7H2,(H,15,16);1-6,8H,7H2;1-3H,(H,4,5);/q;;;;;;+1/p-1. The minimum Gasteiger partial charge on any atom is -0.542 e. The third kappa shape index (κ3) is 23.4. The minimum absolute atomic E-state index is 0. The number of aromatic carboxylic acids is 1. The van der Waals surface area contributed by atoms with Gasteiger partial charge in [-0.05, 0) is 95.4 Å². The van der Waals surface area contributed by atoms with Crippen LogP contribution in [0.25, 0.3) is 0 Å². The van der Waals surface area contributed by atoms with E-state index in [9.17, 15) is 51.0 Å². The van der Waals surface area contributed by atoms with E-state index in [0.717, 1.165) is 39.4 Å². The quantitative estimate of drug-likeness (QED) is 0.0356. The van der Waals surface area contributed by atoms with Crippen molar-refractivity contribution < 1.29 is 74.7 Å². The molecular formula is C63H59F5LiN13O7. The summed E-state index contributed by atoms with van der Waals surface area (Å²) in [5.41, 5.74) is 4.54. The number of benzene rings is 5. The second-order valence-electron chi connectivity index (χ2n) is 18.8. The summed E-state index contributed by atoms with van der Waals surface area (Å²) in [4.78, 5) is 87.4. The second kappa shape index (κ2) is 35.8. The molecule has 0 aliphatic heterocycles. The first kappa shape index (κ1) is 69.3. The molecule has 89 heavy (non-hydrogen) atoms. The van der Waals surface area contributed by atoms with Crippen molar-refractivity contribution in [2.24, 2.45) is 0 Å². The number of hydroxylamine groups is 2. The fraction of sp³-hybridized carbons (Fsp3) is 0.159. The zero-order valence-corrected chi connectivity index (χ0v) is 49.0. The number of hydrogen-bond donors (Lipinski definition) is 1. The van der Waals surface area contributed by atoms with Crippen LogP contribution in [0.4, 0.5) is 22.0 Å². The summed E-state index contributed by atoms with van der Waals surface area (Å²) in [5.74, 6) is -2.81. The average Bonchev–Trinajstić information content (AvgIpc) is 4.03. The number of H-pyrrole nitrogens is 1. The number of amides is 1.